The van der Waals surface area contributed by atoms with E-state index < -0.39 is 5.82 Å². The lowest BCUT2D eigenvalue weighted by molar-refractivity contribution is -0.117. The number of thiophene rings is 1. The second-order valence-electron chi connectivity index (χ2n) is 9.44. The number of aromatic nitrogens is 1. The second-order valence-corrected chi connectivity index (χ2v) is 11.2. The van der Waals surface area contributed by atoms with Crippen molar-refractivity contribution in [2.45, 2.75) is 24.9 Å². The van der Waals surface area contributed by atoms with Gasteiger partial charge in [-0.2, -0.15) is 0 Å². The number of amides is 2. The molecule has 1 aromatic carbocycles. The van der Waals surface area contributed by atoms with Crippen LogP contribution in [0.5, 0.6) is 0 Å². The van der Waals surface area contributed by atoms with Gasteiger partial charge in [0.15, 0.2) is 0 Å². The summed E-state index contributed by atoms with van der Waals surface area (Å²) in [7, 11) is 0. The highest BCUT2D eigenvalue weighted by Gasteiger charge is 2.36. The Balaban J connectivity index is 1.21. The number of nitrogens with one attached hydrogen (secondary N) is 3. The average Bonchev–Trinajstić information content (AvgIpc) is 3.48. The summed E-state index contributed by atoms with van der Waals surface area (Å²) in [5, 5.41) is 9.25. The van der Waals surface area contributed by atoms with Crippen LogP contribution in [0, 0.1) is 11.7 Å². The highest BCUT2D eigenvalue weighted by molar-refractivity contribution is 7.18. The summed E-state index contributed by atoms with van der Waals surface area (Å²) in [5.41, 5.74) is 0.142. The highest BCUT2D eigenvalue weighted by Crippen LogP contribution is 2.25. The summed E-state index contributed by atoms with van der Waals surface area (Å²) in [6, 6.07) is 12.7. The Bertz CT molecular complexity index is 1360. The number of carbonyl (C=O) groups is 2. The first-order chi connectivity index (χ1) is 17.9. The van der Waals surface area contributed by atoms with Gasteiger partial charge in [-0.25, -0.2) is 4.39 Å². The van der Waals surface area contributed by atoms with Crippen molar-refractivity contribution in [2.24, 2.45) is 5.92 Å². The molecule has 2 aliphatic rings. The smallest absolute Gasteiger partial charge is 0.261 e. The summed E-state index contributed by atoms with van der Waals surface area (Å²) in [4.78, 5) is 40.0. The molecule has 5 rings (SSSR count). The van der Waals surface area contributed by atoms with Crippen LogP contribution in [0.4, 0.5) is 10.1 Å². The summed E-state index contributed by atoms with van der Waals surface area (Å²) >= 11 is 7.21. The molecule has 8 nitrogen and oxygen atoms in total. The van der Waals surface area contributed by atoms with Gasteiger partial charge >= 0.3 is 0 Å². The molecule has 0 spiro atoms. The third-order valence-electron chi connectivity index (χ3n) is 6.57. The molecule has 3 aromatic rings. The maximum Gasteiger partial charge on any atom is 0.261 e. The molecule has 0 radical (unpaired) electrons. The largest absolute Gasteiger partial charge is 0.347 e. The van der Waals surface area contributed by atoms with Crippen molar-refractivity contribution >= 4 is 40.4 Å². The summed E-state index contributed by atoms with van der Waals surface area (Å²) in [6.07, 6.45) is 3.87. The van der Waals surface area contributed by atoms with Crippen LogP contribution in [0.2, 0.25) is 4.34 Å². The van der Waals surface area contributed by atoms with Crippen molar-refractivity contribution in [1.29, 1.82) is 0 Å². The van der Waals surface area contributed by atoms with Crippen molar-refractivity contribution in [3.05, 3.63) is 80.1 Å². The Labute approximate surface area is 222 Å². The van der Waals surface area contributed by atoms with E-state index >= 15 is 0 Å². The van der Waals surface area contributed by atoms with Crippen molar-refractivity contribution in [2.75, 3.05) is 31.5 Å². The minimum absolute atomic E-state index is 0.0447. The maximum atomic E-state index is 14.7. The molecule has 3 N–H and O–H groups in total. The zero-order chi connectivity index (χ0) is 25.9. The SMILES string of the molecule is O=C(CN1C[C@H](CNC2CC2)[C@@H](NC(=O)c2ccc(Cl)s2)C1)Nc1ccc(-n2ccccc2=O)cc1F. The molecule has 1 aliphatic carbocycles. The van der Waals surface area contributed by atoms with E-state index in [1.807, 2.05) is 4.90 Å². The number of carbonyl (C=O) groups excluding carboxylic acids is 2. The van der Waals surface area contributed by atoms with Crippen molar-refractivity contribution in [1.82, 2.24) is 20.1 Å². The number of hydrogen-bond acceptors (Lipinski definition) is 6. The number of halogens is 2. The topological polar surface area (TPSA) is 95.5 Å². The molecule has 37 heavy (non-hydrogen) atoms. The van der Waals surface area contributed by atoms with Gasteiger partial charge in [-0.15, -0.1) is 11.3 Å². The van der Waals surface area contributed by atoms with Gasteiger partial charge < -0.3 is 16.0 Å². The van der Waals surface area contributed by atoms with Crippen LogP contribution < -0.4 is 21.5 Å². The first kappa shape index (κ1) is 25.6. The predicted octanol–water partition coefficient (Wildman–Crippen LogP) is 3.11. The van der Waals surface area contributed by atoms with Gasteiger partial charge in [0.05, 0.1) is 27.1 Å². The fourth-order valence-electron chi connectivity index (χ4n) is 4.53. The Hall–Kier alpha value is -3.05. The van der Waals surface area contributed by atoms with E-state index in [2.05, 4.69) is 16.0 Å². The van der Waals surface area contributed by atoms with E-state index in [0.717, 1.165) is 19.4 Å². The van der Waals surface area contributed by atoms with E-state index in [1.165, 1.54) is 34.1 Å². The molecule has 2 amide bonds. The van der Waals surface area contributed by atoms with Gasteiger partial charge in [-0.1, -0.05) is 17.7 Å². The average molecular weight is 544 g/mol. The minimum atomic E-state index is -0.630. The molecule has 194 valence electrons. The van der Waals surface area contributed by atoms with E-state index in [4.69, 9.17) is 11.6 Å². The lowest BCUT2D eigenvalue weighted by atomic mass is 10.0. The predicted molar refractivity (Wildman–Crippen MR) is 142 cm³/mol. The van der Waals surface area contributed by atoms with Gasteiger partial charge in [0.1, 0.15) is 5.82 Å². The highest BCUT2D eigenvalue weighted by atomic mass is 35.5. The van der Waals surface area contributed by atoms with Crippen LogP contribution in [0.25, 0.3) is 5.69 Å². The Morgan fingerprint density at radius 3 is 2.65 bits per heavy atom. The lowest BCUT2D eigenvalue weighted by Crippen LogP contribution is -2.43. The van der Waals surface area contributed by atoms with Crippen molar-refractivity contribution in [3.8, 4) is 5.69 Å². The Morgan fingerprint density at radius 2 is 1.95 bits per heavy atom. The van der Waals surface area contributed by atoms with Crippen LogP contribution >= 0.6 is 22.9 Å². The molecule has 3 heterocycles. The third kappa shape index (κ3) is 6.45. The van der Waals surface area contributed by atoms with Crippen LogP contribution in [0.15, 0.2) is 59.5 Å². The monoisotopic (exact) mass is 543 g/mol. The fraction of sp³-hybridized carbons (Fsp3) is 0.346. The first-order valence-electron chi connectivity index (χ1n) is 12.1. The molecule has 0 unspecified atom stereocenters. The van der Waals surface area contributed by atoms with E-state index in [-0.39, 0.29) is 41.6 Å². The summed E-state index contributed by atoms with van der Waals surface area (Å²) in [6.45, 7) is 1.94. The van der Waals surface area contributed by atoms with Gasteiger partial charge in [-0.05, 0) is 43.2 Å². The molecule has 2 fully saturated rings. The second kappa shape index (κ2) is 11.1. The Morgan fingerprint density at radius 1 is 1.11 bits per heavy atom. The van der Waals surface area contributed by atoms with Crippen molar-refractivity contribution < 1.29 is 14.0 Å². The minimum Gasteiger partial charge on any atom is -0.347 e. The first-order valence-corrected chi connectivity index (χ1v) is 13.3. The van der Waals surface area contributed by atoms with Crippen molar-refractivity contribution in [3.63, 3.8) is 0 Å². The van der Waals surface area contributed by atoms with Gasteiger partial charge in [-0.3, -0.25) is 23.9 Å². The van der Waals surface area contributed by atoms with Crippen LogP contribution in [-0.4, -0.2) is 59.5 Å². The molecule has 2 atom stereocenters. The molecule has 0 bridgehead atoms. The Kier molecular flexibility index (Phi) is 7.71. The molecule has 1 saturated heterocycles. The molecule has 11 heteroatoms. The van der Waals surface area contributed by atoms with Crippen LogP contribution in [0.1, 0.15) is 22.5 Å². The molecular weight excluding hydrogens is 517 g/mol. The lowest BCUT2D eigenvalue weighted by Gasteiger charge is -2.20. The number of nitrogens with zero attached hydrogens (tertiary/aromatic N) is 2. The molecule has 2 aromatic heterocycles. The fourth-order valence-corrected chi connectivity index (χ4v) is 5.48. The number of hydrogen-bond donors (Lipinski definition) is 3. The van der Waals surface area contributed by atoms with Gasteiger partial charge in [0.2, 0.25) is 5.91 Å². The zero-order valence-electron chi connectivity index (χ0n) is 20.0. The number of anilines is 1. The number of rotatable bonds is 9. The number of pyridine rings is 1. The number of likely N-dealkylation sites (tertiary alicyclic amines) is 1. The molecule has 1 saturated carbocycles. The standard InChI is InChI=1S/C26H27ClFN5O3S/c27-23-9-8-22(37-23)26(36)31-21-14-32(13-16(21)12-29-17-4-5-17)15-24(34)30-20-7-6-18(11-19(20)28)33-10-2-1-3-25(33)35/h1-3,6-11,16-17,21,29H,4-5,12-15H2,(H,30,34)(H,31,36)/t16-,21-/m0/s1. The van der Waals surface area contributed by atoms with E-state index in [0.29, 0.717) is 34.0 Å². The maximum absolute atomic E-state index is 14.7. The molecule has 1 aliphatic heterocycles. The quantitative estimate of drug-likeness (QED) is 0.385. The van der Waals surface area contributed by atoms with Gasteiger partial charge in [0.25, 0.3) is 11.5 Å². The zero-order valence-corrected chi connectivity index (χ0v) is 21.5. The number of benzene rings is 1. The van der Waals surface area contributed by atoms with E-state index in [1.54, 1.807) is 36.5 Å². The molecular formula is C26H27ClFN5O3S. The van der Waals surface area contributed by atoms with E-state index in [9.17, 15) is 18.8 Å². The normalized spacial score (nSPS) is 19.6. The summed E-state index contributed by atoms with van der Waals surface area (Å²) in [5.74, 6) is -1.03. The van der Waals surface area contributed by atoms with Gasteiger partial charge in [0, 0.05) is 56.0 Å². The summed E-state index contributed by atoms with van der Waals surface area (Å²) < 4.78 is 16.6. The van der Waals surface area contributed by atoms with Crippen LogP contribution in [0.3, 0.4) is 0 Å². The third-order valence-corrected chi connectivity index (χ3v) is 7.80. The van der Waals surface area contributed by atoms with Crippen LogP contribution in [-0.2, 0) is 4.79 Å².